The van der Waals surface area contributed by atoms with E-state index >= 15 is 0 Å². The van der Waals surface area contributed by atoms with Crippen LogP contribution in [0.1, 0.15) is 54.5 Å². The Morgan fingerprint density at radius 3 is 2.45 bits per heavy atom. The van der Waals surface area contributed by atoms with Gasteiger partial charge in [0.15, 0.2) is 0 Å². The van der Waals surface area contributed by atoms with Gasteiger partial charge in [-0.15, -0.1) is 17.9 Å². The van der Waals surface area contributed by atoms with Crippen molar-refractivity contribution in [3.63, 3.8) is 0 Å². The van der Waals surface area contributed by atoms with Crippen LogP contribution in [0.5, 0.6) is 0 Å². The van der Waals surface area contributed by atoms with E-state index in [2.05, 4.69) is 24.9 Å². The number of benzene rings is 1. The first-order chi connectivity index (χ1) is 15.1. The van der Waals surface area contributed by atoms with Crippen molar-refractivity contribution in [3.8, 4) is 0 Å². The van der Waals surface area contributed by atoms with Gasteiger partial charge in [0.05, 0.1) is 6.54 Å². The van der Waals surface area contributed by atoms with Crippen molar-refractivity contribution >= 4 is 23.2 Å². The highest BCUT2D eigenvalue weighted by Gasteiger charge is 2.23. The average Bonchev–Trinajstić information content (AvgIpc) is 3.44. The van der Waals surface area contributed by atoms with E-state index in [1.165, 1.54) is 36.1 Å². The van der Waals surface area contributed by atoms with Crippen molar-refractivity contribution in [2.45, 2.75) is 58.5 Å². The number of rotatable bonds is 11. The maximum atomic E-state index is 13.3. The molecular formula is C26H34N2O2S. The summed E-state index contributed by atoms with van der Waals surface area (Å²) in [6, 6.07) is 12.1. The smallest absolute Gasteiger partial charge is 0.242 e. The normalized spacial score (nSPS) is 13.8. The molecule has 1 heterocycles. The molecule has 0 atom stereocenters. The van der Waals surface area contributed by atoms with Gasteiger partial charge in [-0.05, 0) is 41.8 Å². The number of hydrogen-bond donors (Lipinski definition) is 0. The van der Waals surface area contributed by atoms with E-state index in [1.807, 2.05) is 35.2 Å². The second kappa shape index (κ2) is 11.8. The molecule has 1 aromatic carbocycles. The SMILES string of the molecule is C=CCN(CC(=O)N(Cc1ccccc1)Cc1sccc1C)C(=O)CCC1CCCC1. The van der Waals surface area contributed by atoms with Gasteiger partial charge in [0, 0.05) is 24.4 Å². The van der Waals surface area contributed by atoms with Gasteiger partial charge in [-0.25, -0.2) is 0 Å². The molecule has 0 saturated heterocycles. The van der Waals surface area contributed by atoms with E-state index in [0.29, 0.717) is 32.0 Å². The first kappa shape index (κ1) is 23.3. The van der Waals surface area contributed by atoms with Crippen LogP contribution in [0.2, 0.25) is 0 Å². The minimum atomic E-state index is -0.0206. The van der Waals surface area contributed by atoms with Crippen LogP contribution < -0.4 is 0 Å². The summed E-state index contributed by atoms with van der Waals surface area (Å²) in [4.78, 5) is 31.0. The molecule has 0 spiro atoms. The fraction of sp³-hybridized carbons (Fsp3) is 0.462. The molecule has 0 N–H and O–H groups in total. The summed E-state index contributed by atoms with van der Waals surface area (Å²) in [6.07, 6.45) is 8.20. The zero-order valence-corrected chi connectivity index (χ0v) is 19.4. The molecule has 1 aromatic heterocycles. The lowest BCUT2D eigenvalue weighted by Crippen LogP contribution is -2.42. The number of hydrogen-bond acceptors (Lipinski definition) is 3. The lowest BCUT2D eigenvalue weighted by atomic mass is 10.0. The molecule has 4 nitrogen and oxygen atoms in total. The second-order valence-corrected chi connectivity index (χ2v) is 9.51. The summed E-state index contributed by atoms with van der Waals surface area (Å²) >= 11 is 1.67. The average molecular weight is 439 g/mol. The maximum Gasteiger partial charge on any atom is 0.242 e. The monoisotopic (exact) mass is 438 g/mol. The first-order valence-corrected chi connectivity index (χ1v) is 12.2. The van der Waals surface area contributed by atoms with E-state index in [1.54, 1.807) is 22.3 Å². The van der Waals surface area contributed by atoms with Gasteiger partial charge < -0.3 is 9.80 Å². The van der Waals surface area contributed by atoms with Crippen LogP contribution in [0.4, 0.5) is 0 Å². The Morgan fingerprint density at radius 2 is 1.81 bits per heavy atom. The van der Waals surface area contributed by atoms with Crippen LogP contribution in [0.25, 0.3) is 0 Å². The number of aryl methyl sites for hydroxylation is 1. The molecule has 0 radical (unpaired) electrons. The number of carbonyl (C=O) groups excluding carboxylic acids is 2. The summed E-state index contributed by atoms with van der Waals surface area (Å²) in [5.74, 6) is 0.710. The summed E-state index contributed by atoms with van der Waals surface area (Å²) < 4.78 is 0. The zero-order chi connectivity index (χ0) is 22.1. The van der Waals surface area contributed by atoms with Gasteiger partial charge in [-0.2, -0.15) is 0 Å². The van der Waals surface area contributed by atoms with Gasteiger partial charge >= 0.3 is 0 Å². The highest BCUT2D eigenvalue weighted by Crippen LogP contribution is 2.28. The van der Waals surface area contributed by atoms with Crippen molar-refractivity contribution in [3.05, 3.63) is 70.4 Å². The van der Waals surface area contributed by atoms with E-state index in [0.717, 1.165) is 12.0 Å². The van der Waals surface area contributed by atoms with Crippen molar-refractivity contribution in [1.82, 2.24) is 9.80 Å². The second-order valence-electron chi connectivity index (χ2n) is 8.51. The Kier molecular flexibility index (Phi) is 8.89. The Hall–Kier alpha value is -2.40. The summed E-state index contributed by atoms with van der Waals surface area (Å²) in [7, 11) is 0. The van der Waals surface area contributed by atoms with Crippen molar-refractivity contribution in [1.29, 1.82) is 0 Å². The predicted molar refractivity (Wildman–Crippen MR) is 128 cm³/mol. The molecular weight excluding hydrogens is 404 g/mol. The molecule has 2 amide bonds. The summed E-state index contributed by atoms with van der Waals surface area (Å²) in [6.45, 7) is 7.49. The van der Waals surface area contributed by atoms with Crippen LogP contribution in [0.3, 0.4) is 0 Å². The maximum absolute atomic E-state index is 13.3. The van der Waals surface area contributed by atoms with Gasteiger partial charge in [0.1, 0.15) is 6.54 Å². The fourth-order valence-electron chi connectivity index (χ4n) is 4.23. The zero-order valence-electron chi connectivity index (χ0n) is 18.6. The molecule has 31 heavy (non-hydrogen) atoms. The van der Waals surface area contributed by atoms with Gasteiger partial charge in [0.2, 0.25) is 11.8 Å². The highest BCUT2D eigenvalue weighted by molar-refractivity contribution is 7.10. The van der Waals surface area contributed by atoms with Gasteiger partial charge in [-0.1, -0.05) is 62.1 Å². The molecule has 5 heteroatoms. The first-order valence-electron chi connectivity index (χ1n) is 11.3. The van der Waals surface area contributed by atoms with Gasteiger partial charge in [0.25, 0.3) is 0 Å². The molecule has 2 aromatic rings. The summed E-state index contributed by atoms with van der Waals surface area (Å²) in [5, 5.41) is 2.06. The third-order valence-electron chi connectivity index (χ3n) is 6.14. The van der Waals surface area contributed by atoms with Crippen LogP contribution in [0, 0.1) is 12.8 Å². The minimum Gasteiger partial charge on any atom is -0.332 e. The number of amides is 2. The molecule has 166 valence electrons. The molecule has 1 saturated carbocycles. The fourth-order valence-corrected chi connectivity index (χ4v) is 5.15. The largest absolute Gasteiger partial charge is 0.332 e. The Bertz CT molecular complexity index is 855. The molecule has 1 aliphatic rings. The lowest BCUT2D eigenvalue weighted by molar-refractivity contribution is -0.141. The molecule has 1 aliphatic carbocycles. The topological polar surface area (TPSA) is 40.6 Å². The van der Waals surface area contributed by atoms with E-state index in [9.17, 15) is 9.59 Å². The molecule has 3 rings (SSSR count). The molecule has 1 fully saturated rings. The van der Waals surface area contributed by atoms with Crippen LogP contribution >= 0.6 is 11.3 Å². The van der Waals surface area contributed by atoms with E-state index < -0.39 is 0 Å². The van der Waals surface area contributed by atoms with Crippen molar-refractivity contribution in [2.75, 3.05) is 13.1 Å². The van der Waals surface area contributed by atoms with Gasteiger partial charge in [-0.3, -0.25) is 9.59 Å². The summed E-state index contributed by atoms with van der Waals surface area (Å²) in [5.41, 5.74) is 2.29. The third kappa shape index (κ3) is 7.06. The quantitative estimate of drug-likeness (QED) is 0.430. The van der Waals surface area contributed by atoms with Crippen LogP contribution in [0.15, 0.2) is 54.4 Å². The van der Waals surface area contributed by atoms with Crippen molar-refractivity contribution in [2.24, 2.45) is 5.92 Å². The molecule has 0 aliphatic heterocycles. The van der Waals surface area contributed by atoms with Crippen LogP contribution in [-0.4, -0.2) is 34.7 Å². The Balaban J connectivity index is 1.67. The van der Waals surface area contributed by atoms with E-state index in [-0.39, 0.29) is 18.4 Å². The van der Waals surface area contributed by atoms with E-state index in [4.69, 9.17) is 0 Å². The number of nitrogens with zero attached hydrogens (tertiary/aromatic N) is 2. The van der Waals surface area contributed by atoms with Crippen LogP contribution in [-0.2, 0) is 22.7 Å². The lowest BCUT2D eigenvalue weighted by Gasteiger charge is -2.27. The van der Waals surface area contributed by atoms with Crippen molar-refractivity contribution < 1.29 is 9.59 Å². The molecule has 0 unspecified atom stereocenters. The predicted octanol–water partition coefficient (Wildman–Crippen LogP) is 5.57. The third-order valence-corrected chi connectivity index (χ3v) is 7.15. The Labute approximate surface area is 190 Å². The number of thiophene rings is 1. The standard InChI is InChI=1S/C26H34N2O2S/c1-3-16-27(25(29)14-13-22-9-7-8-10-22)20-26(30)28(18-23-11-5-4-6-12-23)19-24-21(2)15-17-31-24/h3-6,11-12,15,17,22H,1,7-10,13-14,16,18-20H2,2H3. The highest BCUT2D eigenvalue weighted by atomic mass is 32.1. The Morgan fingerprint density at radius 1 is 1.06 bits per heavy atom. The minimum absolute atomic E-state index is 0.0206. The molecule has 0 bridgehead atoms. The number of carbonyl (C=O) groups is 2.